The molecule has 1 aromatic carbocycles. The number of carbonyl (C=O) groups excluding carboxylic acids is 2. The van der Waals surface area contributed by atoms with Crippen LogP contribution in [0.4, 0.5) is 17.3 Å². The smallest absolute Gasteiger partial charge is 0.271 e. The van der Waals surface area contributed by atoms with Gasteiger partial charge in [-0.05, 0) is 49.8 Å². The zero-order valence-electron chi connectivity index (χ0n) is 21.3. The fraction of sp³-hybridized carbons (Fsp3) is 0.423. The maximum Gasteiger partial charge on any atom is 0.271 e. The molecule has 3 aromatic rings. The van der Waals surface area contributed by atoms with Crippen molar-refractivity contribution < 1.29 is 14.3 Å². The number of anilines is 3. The molecular formula is C26H32N8O3. The van der Waals surface area contributed by atoms with Crippen molar-refractivity contribution in [3.63, 3.8) is 0 Å². The number of ether oxygens (including phenoxy) is 1. The molecule has 2 aliphatic rings. The maximum absolute atomic E-state index is 13.1. The first-order valence-corrected chi connectivity index (χ1v) is 12.5. The molecule has 194 valence electrons. The number of benzene rings is 1. The van der Waals surface area contributed by atoms with Crippen LogP contribution in [0.25, 0.3) is 0 Å². The van der Waals surface area contributed by atoms with Gasteiger partial charge in [-0.2, -0.15) is 5.10 Å². The van der Waals surface area contributed by atoms with Gasteiger partial charge in [0.15, 0.2) is 11.5 Å². The van der Waals surface area contributed by atoms with E-state index >= 15 is 0 Å². The van der Waals surface area contributed by atoms with Crippen molar-refractivity contribution in [2.75, 3.05) is 23.4 Å². The van der Waals surface area contributed by atoms with Crippen molar-refractivity contribution in [3.05, 3.63) is 53.6 Å². The van der Waals surface area contributed by atoms with E-state index in [1.807, 2.05) is 18.2 Å². The predicted molar refractivity (Wildman–Crippen MR) is 139 cm³/mol. The molecule has 4 N–H and O–H groups in total. The van der Waals surface area contributed by atoms with E-state index in [0.717, 1.165) is 37.1 Å². The van der Waals surface area contributed by atoms with Crippen LogP contribution in [0.2, 0.25) is 0 Å². The average molecular weight is 505 g/mol. The van der Waals surface area contributed by atoms with Crippen LogP contribution in [-0.2, 0) is 13.5 Å². The monoisotopic (exact) mass is 504 g/mol. The number of hydrogen-bond acceptors (Lipinski definition) is 8. The lowest BCUT2D eigenvalue weighted by Crippen LogP contribution is -2.54. The van der Waals surface area contributed by atoms with Crippen LogP contribution < -0.4 is 26.0 Å². The molecule has 2 amide bonds. The van der Waals surface area contributed by atoms with Gasteiger partial charge in [-0.15, -0.1) is 0 Å². The summed E-state index contributed by atoms with van der Waals surface area (Å²) in [5, 5.41) is 10.4. The molecule has 0 bridgehead atoms. The van der Waals surface area contributed by atoms with Gasteiger partial charge < -0.3 is 26.0 Å². The molecule has 4 heterocycles. The number of nitrogens with zero attached hydrogens (tertiary/aromatic N) is 5. The lowest BCUT2D eigenvalue weighted by molar-refractivity contribution is 0.0922. The maximum atomic E-state index is 13.1. The molecular weight excluding hydrogens is 472 g/mol. The van der Waals surface area contributed by atoms with Crippen molar-refractivity contribution in [1.82, 2.24) is 25.1 Å². The number of aromatic nitrogens is 4. The second-order valence-electron chi connectivity index (χ2n) is 9.92. The predicted octanol–water partition coefficient (Wildman–Crippen LogP) is 2.41. The minimum atomic E-state index is -0.675. The number of nitrogens with two attached hydrogens (primary N) is 1. The minimum Gasteiger partial charge on any atom is -0.493 e. The lowest BCUT2D eigenvalue weighted by atomic mass is 9.95. The Morgan fingerprint density at radius 1 is 1.22 bits per heavy atom. The van der Waals surface area contributed by atoms with Gasteiger partial charge in [0.1, 0.15) is 11.6 Å². The van der Waals surface area contributed by atoms with E-state index in [2.05, 4.69) is 44.4 Å². The number of piperidine rings is 1. The summed E-state index contributed by atoms with van der Waals surface area (Å²) in [4.78, 5) is 36.2. The van der Waals surface area contributed by atoms with Crippen molar-refractivity contribution in [2.24, 2.45) is 18.7 Å². The third-order valence-corrected chi connectivity index (χ3v) is 6.98. The van der Waals surface area contributed by atoms with E-state index in [0.29, 0.717) is 29.6 Å². The van der Waals surface area contributed by atoms with Crippen molar-refractivity contribution in [1.29, 1.82) is 0 Å². The SMILES string of the molecule is CC1COc2cc(C(=O)N[C@@H]3CCCN(c4cnc(C(N)=O)c(Nc5cnn(C)c5)n4)[C@@H]3C)ccc2C1. The third-order valence-electron chi connectivity index (χ3n) is 6.98. The Balaban J connectivity index is 1.33. The van der Waals surface area contributed by atoms with Crippen molar-refractivity contribution in [2.45, 2.75) is 45.2 Å². The molecule has 0 spiro atoms. The number of fused-ring (bicyclic) bond motifs is 1. The van der Waals surface area contributed by atoms with Gasteiger partial charge in [0.2, 0.25) is 0 Å². The third kappa shape index (κ3) is 5.20. The Kier molecular flexibility index (Phi) is 6.68. The summed E-state index contributed by atoms with van der Waals surface area (Å²) in [6.45, 7) is 5.62. The molecule has 2 aromatic heterocycles. The molecule has 2 aliphatic heterocycles. The summed E-state index contributed by atoms with van der Waals surface area (Å²) in [5.41, 5.74) is 7.98. The fourth-order valence-electron chi connectivity index (χ4n) is 4.98. The van der Waals surface area contributed by atoms with E-state index in [9.17, 15) is 9.59 Å². The van der Waals surface area contributed by atoms with Crippen LogP contribution in [0.15, 0.2) is 36.8 Å². The topological polar surface area (TPSA) is 140 Å². The van der Waals surface area contributed by atoms with Crippen LogP contribution >= 0.6 is 0 Å². The first kappa shape index (κ1) is 24.5. The Bertz CT molecular complexity index is 1320. The average Bonchev–Trinajstić information content (AvgIpc) is 3.29. The van der Waals surface area contributed by atoms with Crippen LogP contribution in [0.1, 0.15) is 53.1 Å². The van der Waals surface area contributed by atoms with Crippen molar-refractivity contribution >= 4 is 29.1 Å². The Hall–Kier alpha value is -4.15. The van der Waals surface area contributed by atoms with E-state index < -0.39 is 5.91 Å². The van der Waals surface area contributed by atoms with Gasteiger partial charge in [-0.1, -0.05) is 13.0 Å². The number of carbonyl (C=O) groups is 2. The first-order valence-electron chi connectivity index (χ1n) is 12.5. The van der Waals surface area contributed by atoms with E-state index in [1.165, 1.54) is 0 Å². The number of hydrogen-bond donors (Lipinski definition) is 3. The minimum absolute atomic E-state index is 0.0474. The highest BCUT2D eigenvalue weighted by Crippen LogP contribution is 2.29. The number of aryl methyl sites for hydroxylation is 1. The molecule has 1 unspecified atom stereocenters. The van der Waals surface area contributed by atoms with E-state index in [4.69, 9.17) is 10.5 Å². The van der Waals surface area contributed by atoms with Crippen LogP contribution in [0.3, 0.4) is 0 Å². The highest BCUT2D eigenvalue weighted by atomic mass is 16.5. The van der Waals surface area contributed by atoms with Gasteiger partial charge in [0.25, 0.3) is 11.8 Å². The molecule has 0 aliphatic carbocycles. The number of nitrogens with one attached hydrogen (secondary N) is 2. The molecule has 3 atom stereocenters. The molecule has 1 fully saturated rings. The van der Waals surface area contributed by atoms with Crippen LogP contribution in [-0.4, -0.2) is 56.8 Å². The molecule has 1 saturated heterocycles. The molecule has 5 rings (SSSR count). The van der Waals surface area contributed by atoms with Gasteiger partial charge >= 0.3 is 0 Å². The lowest BCUT2D eigenvalue weighted by Gasteiger charge is -2.40. The number of amides is 2. The number of primary amides is 1. The molecule has 0 radical (unpaired) electrons. The standard InChI is InChI=1S/C26H32N8O3/c1-15-9-17-6-7-18(10-21(17)37-14-15)26(36)31-20-5-4-8-34(16(20)2)22-12-28-23(24(27)35)25(32-22)30-19-11-29-33(3)13-19/h6-7,10-13,15-16,20H,4-5,8-9,14H2,1-3H3,(H2,27,35)(H,30,32)(H,31,36)/t15?,16-,20-/m1/s1. The zero-order chi connectivity index (χ0) is 26.1. The molecule has 0 saturated carbocycles. The normalized spacial score (nSPS) is 21.1. The molecule has 11 heteroatoms. The summed E-state index contributed by atoms with van der Waals surface area (Å²) in [5.74, 6) is 1.33. The summed E-state index contributed by atoms with van der Waals surface area (Å²) >= 11 is 0. The zero-order valence-corrected chi connectivity index (χ0v) is 21.3. The van der Waals surface area contributed by atoms with E-state index in [1.54, 1.807) is 30.3 Å². The highest BCUT2D eigenvalue weighted by molar-refractivity contribution is 5.96. The second kappa shape index (κ2) is 10.1. The number of rotatable bonds is 6. The van der Waals surface area contributed by atoms with Gasteiger partial charge in [0, 0.05) is 37.4 Å². The molecule has 11 nitrogen and oxygen atoms in total. The largest absolute Gasteiger partial charge is 0.493 e. The summed E-state index contributed by atoms with van der Waals surface area (Å²) < 4.78 is 7.48. The summed E-state index contributed by atoms with van der Waals surface area (Å²) in [6.07, 6.45) is 7.61. The highest BCUT2D eigenvalue weighted by Gasteiger charge is 2.31. The Morgan fingerprint density at radius 2 is 2.05 bits per heavy atom. The quantitative estimate of drug-likeness (QED) is 0.465. The second-order valence-corrected chi connectivity index (χ2v) is 9.92. The summed E-state index contributed by atoms with van der Waals surface area (Å²) in [6, 6.07) is 5.55. The van der Waals surface area contributed by atoms with Gasteiger partial charge in [-0.3, -0.25) is 14.3 Å². The van der Waals surface area contributed by atoms with Crippen molar-refractivity contribution in [3.8, 4) is 5.75 Å². The van der Waals surface area contributed by atoms with Gasteiger partial charge in [-0.25, -0.2) is 9.97 Å². The van der Waals surface area contributed by atoms with E-state index in [-0.39, 0.29) is 29.5 Å². The fourth-order valence-corrected chi connectivity index (χ4v) is 4.98. The van der Waals surface area contributed by atoms with Crippen LogP contribution in [0.5, 0.6) is 5.75 Å². The molecule has 37 heavy (non-hydrogen) atoms. The Morgan fingerprint density at radius 3 is 2.81 bits per heavy atom. The Labute approximate surface area is 215 Å². The first-order chi connectivity index (χ1) is 17.8. The van der Waals surface area contributed by atoms with Gasteiger partial charge in [0.05, 0.1) is 24.7 Å². The van der Waals surface area contributed by atoms with Crippen LogP contribution in [0, 0.1) is 5.92 Å². The summed E-state index contributed by atoms with van der Waals surface area (Å²) in [7, 11) is 1.80.